The first kappa shape index (κ1) is 20.0. The molecule has 1 atom stereocenters. The van der Waals surface area contributed by atoms with Gasteiger partial charge in [-0.05, 0) is 37.0 Å². The summed E-state index contributed by atoms with van der Waals surface area (Å²) in [5.41, 5.74) is 1.80. The fourth-order valence-corrected chi connectivity index (χ4v) is 5.88. The van der Waals surface area contributed by atoms with E-state index in [9.17, 15) is 9.59 Å². The van der Waals surface area contributed by atoms with Crippen LogP contribution >= 0.6 is 11.3 Å². The zero-order valence-electron chi connectivity index (χ0n) is 17.5. The molecule has 0 radical (unpaired) electrons. The number of aromatic nitrogens is 2. The molecule has 1 unspecified atom stereocenters. The van der Waals surface area contributed by atoms with Gasteiger partial charge in [0.25, 0.3) is 5.91 Å². The third kappa shape index (κ3) is 3.78. The van der Waals surface area contributed by atoms with Gasteiger partial charge in [-0.2, -0.15) is 0 Å². The molecule has 0 N–H and O–H groups in total. The normalized spacial score (nSPS) is 20.2. The second-order valence-electron chi connectivity index (χ2n) is 8.55. The van der Waals surface area contributed by atoms with Gasteiger partial charge in [0, 0.05) is 36.8 Å². The number of hydrogen-bond acceptors (Lipinski definition) is 5. The fourth-order valence-electron chi connectivity index (χ4n) is 4.73. The lowest BCUT2D eigenvalue weighted by Gasteiger charge is -2.36. The zero-order valence-corrected chi connectivity index (χ0v) is 18.3. The highest BCUT2D eigenvalue weighted by atomic mass is 32.1. The first-order valence-electron chi connectivity index (χ1n) is 10.7. The molecule has 6 nitrogen and oxygen atoms in total. The molecule has 1 amide bonds. The summed E-state index contributed by atoms with van der Waals surface area (Å²) in [7, 11) is 0. The Hall–Kier alpha value is -2.93. The summed E-state index contributed by atoms with van der Waals surface area (Å²) < 4.78 is 7.63. The molecule has 2 fully saturated rings. The summed E-state index contributed by atoms with van der Waals surface area (Å²) in [5.74, 6) is -0.0468. The number of esters is 1. The molecule has 7 heteroatoms. The highest BCUT2D eigenvalue weighted by Gasteiger charge is 2.50. The van der Waals surface area contributed by atoms with E-state index in [1.165, 1.54) is 0 Å². The van der Waals surface area contributed by atoms with Gasteiger partial charge in [-0.15, -0.1) is 11.3 Å². The average Bonchev–Trinajstić information content (AvgIpc) is 3.50. The Morgan fingerprint density at radius 1 is 1.26 bits per heavy atom. The number of cyclic esters (lactones) is 1. The quantitative estimate of drug-likeness (QED) is 0.578. The number of piperidine rings is 1. The molecule has 2 saturated heterocycles. The molecule has 0 bridgehead atoms. The van der Waals surface area contributed by atoms with Crippen LogP contribution in [0.2, 0.25) is 0 Å². The Bertz CT molecular complexity index is 1080. The van der Waals surface area contributed by atoms with Crippen molar-refractivity contribution in [2.75, 3.05) is 13.1 Å². The number of imidazole rings is 1. The Balaban J connectivity index is 1.25. The molecule has 2 aliphatic rings. The summed E-state index contributed by atoms with van der Waals surface area (Å²) in [6.07, 6.45) is 7.26. The molecule has 3 aromatic rings. The number of aryl methyl sites for hydroxylation is 1. The molecule has 1 aromatic carbocycles. The SMILES string of the molecule is Cc1cc(C(=O)N2CCC3(CC2)CC(Cn2ccnc2)OC3=O)sc1-c1ccccc1. The van der Waals surface area contributed by atoms with Crippen LogP contribution in [-0.4, -0.2) is 45.5 Å². The number of thiophene rings is 1. The molecule has 2 aliphatic heterocycles. The number of benzene rings is 1. The minimum Gasteiger partial charge on any atom is -0.460 e. The van der Waals surface area contributed by atoms with Crippen molar-refractivity contribution < 1.29 is 14.3 Å². The summed E-state index contributed by atoms with van der Waals surface area (Å²) >= 11 is 1.55. The van der Waals surface area contributed by atoms with E-state index in [4.69, 9.17) is 4.74 Å². The van der Waals surface area contributed by atoms with Crippen molar-refractivity contribution >= 4 is 23.2 Å². The van der Waals surface area contributed by atoms with Crippen LogP contribution in [0.4, 0.5) is 0 Å². The maximum Gasteiger partial charge on any atom is 0.312 e. The highest BCUT2D eigenvalue weighted by Crippen LogP contribution is 2.44. The van der Waals surface area contributed by atoms with Crippen molar-refractivity contribution in [1.82, 2.24) is 14.5 Å². The van der Waals surface area contributed by atoms with Crippen molar-refractivity contribution in [3.8, 4) is 10.4 Å². The third-order valence-corrected chi connectivity index (χ3v) is 7.75. The van der Waals surface area contributed by atoms with Gasteiger partial charge in [-0.25, -0.2) is 4.98 Å². The van der Waals surface area contributed by atoms with Gasteiger partial charge in [0.15, 0.2) is 0 Å². The lowest BCUT2D eigenvalue weighted by molar-refractivity contribution is -0.150. The second kappa shape index (κ2) is 7.96. The Morgan fingerprint density at radius 3 is 2.74 bits per heavy atom. The Morgan fingerprint density at radius 2 is 2.03 bits per heavy atom. The van der Waals surface area contributed by atoms with Gasteiger partial charge >= 0.3 is 5.97 Å². The van der Waals surface area contributed by atoms with E-state index in [0.717, 1.165) is 20.9 Å². The molecular weight excluding hydrogens is 410 g/mol. The summed E-state index contributed by atoms with van der Waals surface area (Å²) in [6.45, 7) is 3.86. The Labute approximate surface area is 185 Å². The number of carbonyl (C=O) groups is 2. The van der Waals surface area contributed by atoms with Gasteiger partial charge < -0.3 is 14.2 Å². The molecule has 1 spiro atoms. The molecular formula is C24H25N3O3S. The lowest BCUT2D eigenvalue weighted by Crippen LogP contribution is -2.44. The van der Waals surface area contributed by atoms with Crippen LogP contribution in [0, 0.1) is 12.3 Å². The van der Waals surface area contributed by atoms with Crippen molar-refractivity contribution in [3.05, 3.63) is 65.6 Å². The Kier molecular flexibility index (Phi) is 5.14. The maximum absolute atomic E-state index is 13.2. The zero-order chi connectivity index (χ0) is 21.4. The number of ether oxygens (including phenoxy) is 1. The third-order valence-electron chi connectivity index (χ3n) is 6.47. The monoisotopic (exact) mass is 435 g/mol. The molecule has 0 aliphatic carbocycles. The van der Waals surface area contributed by atoms with Gasteiger partial charge in [0.1, 0.15) is 6.10 Å². The van der Waals surface area contributed by atoms with Crippen molar-refractivity contribution in [2.45, 2.75) is 38.8 Å². The van der Waals surface area contributed by atoms with Gasteiger partial charge in [0.2, 0.25) is 0 Å². The predicted molar refractivity (Wildman–Crippen MR) is 119 cm³/mol. The molecule has 5 rings (SSSR count). The van der Waals surface area contributed by atoms with Crippen molar-refractivity contribution in [3.63, 3.8) is 0 Å². The van der Waals surface area contributed by atoms with E-state index < -0.39 is 5.41 Å². The van der Waals surface area contributed by atoms with Crippen LogP contribution in [-0.2, 0) is 16.1 Å². The minimum absolute atomic E-state index is 0.0615. The van der Waals surface area contributed by atoms with Gasteiger partial charge in [-0.3, -0.25) is 9.59 Å². The summed E-state index contributed by atoms with van der Waals surface area (Å²) in [6, 6.07) is 12.2. The van der Waals surface area contributed by atoms with Crippen LogP contribution in [0.15, 0.2) is 55.1 Å². The van der Waals surface area contributed by atoms with E-state index in [2.05, 4.69) is 24.0 Å². The largest absolute Gasteiger partial charge is 0.460 e. The van der Waals surface area contributed by atoms with Crippen LogP contribution in [0.3, 0.4) is 0 Å². The second-order valence-corrected chi connectivity index (χ2v) is 9.60. The highest BCUT2D eigenvalue weighted by molar-refractivity contribution is 7.17. The maximum atomic E-state index is 13.2. The first-order chi connectivity index (χ1) is 15.0. The number of rotatable bonds is 4. The minimum atomic E-state index is -0.456. The smallest absolute Gasteiger partial charge is 0.312 e. The van der Waals surface area contributed by atoms with Crippen LogP contribution in [0.5, 0.6) is 0 Å². The van der Waals surface area contributed by atoms with Crippen molar-refractivity contribution in [1.29, 1.82) is 0 Å². The van der Waals surface area contributed by atoms with Crippen LogP contribution < -0.4 is 0 Å². The molecule has 160 valence electrons. The summed E-state index contributed by atoms with van der Waals surface area (Å²) in [4.78, 5) is 33.7. The van der Waals surface area contributed by atoms with Crippen molar-refractivity contribution in [2.24, 2.45) is 5.41 Å². The number of nitrogens with zero attached hydrogens (tertiary/aromatic N) is 3. The average molecular weight is 436 g/mol. The number of carbonyl (C=O) groups excluding carboxylic acids is 2. The molecule has 2 aromatic heterocycles. The predicted octanol–water partition coefficient (Wildman–Crippen LogP) is 4.16. The number of amides is 1. The van der Waals surface area contributed by atoms with Crippen LogP contribution in [0.1, 0.15) is 34.5 Å². The first-order valence-corrected chi connectivity index (χ1v) is 11.5. The molecule has 4 heterocycles. The molecule has 0 saturated carbocycles. The van der Waals surface area contributed by atoms with Crippen LogP contribution in [0.25, 0.3) is 10.4 Å². The van der Waals surface area contributed by atoms with E-state index in [-0.39, 0.29) is 18.0 Å². The lowest BCUT2D eigenvalue weighted by atomic mass is 9.76. The number of hydrogen-bond donors (Lipinski definition) is 0. The molecule has 31 heavy (non-hydrogen) atoms. The fraction of sp³-hybridized carbons (Fsp3) is 0.375. The topological polar surface area (TPSA) is 64.4 Å². The number of likely N-dealkylation sites (tertiary alicyclic amines) is 1. The van der Waals surface area contributed by atoms with E-state index in [1.54, 1.807) is 23.9 Å². The van der Waals surface area contributed by atoms with Gasteiger partial charge in [-0.1, -0.05) is 30.3 Å². The standard InChI is InChI=1S/C24H25N3O3S/c1-17-13-20(31-21(17)18-5-3-2-4-6-18)22(28)27-10-7-24(8-11-27)14-19(30-23(24)29)15-26-12-9-25-16-26/h2-6,9,12-13,16,19H,7-8,10-11,14-15H2,1H3. The van der Waals surface area contributed by atoms with E-state index in [0.29, 0.717) is 38.9 Å². The van der Waals surface area contributed by atoms with Gasteiger partial charge in [0.05, 0.1) is 23.2 Å². The van der Waals surface area contributed by atoms with E-state index in [1.807, 2.05) is 39.9 Å². The summed E-state index contributed by atoms with van der Waals surface area (Å²) in [5, 5.41) is 0. The van der Waals surface area contributed by atoms with E-state index >= 15 is 0 Å².